The van der Waals surface area contributed by atoms with E-state index in [1.165, 1.54) is 0 Å². The summed E-state index contributed by atoms with van der Waals surface area (Å²) in [6, 6.07) is 7.26. The van der Waals surface area contributed by atoms with Crippen LogP contribution in [-0.2, 0) is 6.18 Å². The molecule has 0 saturated carbocycles. The SMILES string of the molecule is CCN(c1ncc(C(F)(F)F)c(OC(C)C)n1)c1ccccc1OC(C)C. The fourth-order valence-electron chi connectivity index (χ4n) is 2.45. The highest BCUT2D eigenvalue weighted by atomic mass is 19.4. The number of benzene rings is 1. The van der Waals surface area contributed by atoms with E-state index >= 15 is 0 Å². The molecule has 1 aromatic carbocycles. The Morgan fingerprint density at radius 2 is 1.67 bits per heavy atom. The standard InChI is InChI=1S/C19H24F3N3O2/c1-6-25(15-9-7-8-10-16(15)26-12(2)3)18-23-11-14(19(20,21)22)17(24-18)27-13(4)5/h7-13H,6H2,1-5H3. The lowest BCUT2D eigenvalue weighted by atomic mass is 10.2. The summed E-state index contributed by atoms with van der Waals surface area (Å²) >= 11 is 0. The fraction of sp³-hybridized carbons (Fsp3) is 0.474. The molecule has 0 atom stereocenters. The van der Waals surface area contributed by atoms with Gasteiger partial charge in [0.1, 0.15) is 11.3 Å². The molecule has 2 aromatic rings. The Hall–Kier alpha value is -2.51. The minimum Gasteiger partial charge on any atom is -0.489 e. The van der Waals surface area contributed by atoms with Crippen LogP contribution in [0.4, 0.5) is 24.8 Å². The largest absolute Gasteiger partial charge is 0.489 e. The Morgan fingerprint density at radius 3 is 2.22 bits per heavy atom. The van der Waals surface area contributed by atoms with Crippen LogP contribution >= 0.6 is 0 Å². The van der Waals surface area contributed by atoms with Gasteiger partial charge in [0.2, 0.25) is 11.8 Å². The molecular weight excluding hydrogens is 359 g/mol. The first kappa shape index (κ1) is 20.8. The zero-order chi connectivity index (χ0) is 20.2. The molecule has 148 valence electrons. The number of alkyl halides is 3. The average molecular weight is 383 g/mol. The number of aromatic nitrogens is 2. The molecule has 0 N–H and O–H groups in total. The maximum atomic E-state index is 13.3. The number of nitrogens with zero attached hydrogens (tertiary/aromatic N) is 3. The van der Waals surface area contributed by atoms with Gasteiger partial charge in [0, 0.05) is 12.7 Å². The third-order valence-electron chi connectivity index (χ3n) is 3.47. The predicted molar refractivity (Wildman–Crippen MR) is 97.7 cm³/mol. The molecule has 27 heavy (non-hydrogen) atoms. The highest BCUT2D eigenvalue weighted by Crippen LogP contribution is 2.38. The molecule has 0 aliphatic heterocycles. The van der Waals surface area contributed by atoms with Crippen LogP contribution in [0.2, 0.25) is 0 Å². The van der Waals surface area contributed by atoms with Crippen LogP contribution in [0.1, 0.15) is 40.2 Å². The van der Waals surface area contributed by atoms with Crippen molar-refractivity contribution < 1.29 is 22.6 Å². The number of ether oxygens (including phenoxy) is 2. The van der Waals surface area contributed by atoms with E-state index in [2.05, 4.69) is 9.97 Å². The molecule has 0 spiro atoms. The maximum absolute atomic E-state index is 13.3. The van der Waals surface area contributed by atoms with Crippen molar-refractivity contribution in [2.24, 2.45) is 0 Å². The van der Waals surface area contributed by atoms with E-state index in [0.29, 0.717) is 18.0 Å². The highest BCUT2D eigenvalue weighted by molar-refractivity contribution is 5.65. The average Bonchev–Trinajstić information content (AvgIpc) is 2.55. The molecule has 0 amide bonds. The first-order valence-corrected chi connectivity index (χ1v) is 8.77. The van der Waals surface area contributed by atoms with Gasteiger partial charge in [-0.25, -0.2) is 4.98 Å². The van der Waals surface area contributed by atoms with E-state index in [4.69, 9.17) is 9.47 Å². The van der Waals surface area contributed by atoms with Gasteiger partial charge in [0.25, 0.3) is 0 Å². The molecule has 0 radical (unpaired) electrons. The van der Waals surface area contributed by atoms with Gasteiger partial charge < -0.3 is 14.4 Å². The van der Waals surface area contributed by atoms with Crippen LogP contribution in [0.3, 0.4) is 0 Å². The molecule has 0 fully saturated rings. The summed E-state index contributed by atoms with van der Waals surface area (Å²) < 4.78 is 50.9. The monoisotopic (exact) mass is 383 g/mol. The molecule has 5 nitrogen and oxygen atoms in total. The molecule has 2 rings (SSSR count). The zero-order valence-corrected chi connectivity index (χ0v) is 16.0. The van der Waals surface area contributed by atoms with Gasteiger partial charge in [-0.3, -0.25) is 0 Å². The lowest BCUT2D eigenvalue weighted by Gasteiger charge is -2.25. The predicted octanol–water partition coefficient (Wildman–Crippen LogP) is 5.23. The molecule has 0 bridgehead atoms. The van der Waals surface area contributed by atoms with E-state index in [1.54, 1.807) is 24.8 Å². The smallest absolute Gasteiger partial charge is 0.423 e. The third kappa shape index (κ3) is 5.24. The van der Waals surface area contributed by atoms with Gasteiger partial charge in [0.05, 0.1) is 17.9 Å². The van der Waals surface area contributed by atoms with Crippen molar-refractivity contribution in [3.8, 4) is 11.6 Å². The molecule has 0 saturated heterocycles. The van der Waals surface area contributed by atoms with E-state index in [1.807, 2.05) is 39.0 Å². The van der Waals surface area contributed by atoms with Gasteiger partial charge >= 0.3 is 6.18 Å². The third-order valence-corrected chi connectivity index (χ3v) is 3.47. The van der Waals surface area contributed by atoms with Gasteiger partial charge in [-0.15, -0.1) is 0 Å². The summed E-state index contributed by atoms with van der Waals surface area (Å²) in [5.41, 5.74) is -0.327. The van der Waals surface area contributed by atoms with Crippen molar-refractivity contribution in [1.82, 2.24) is 9.97 Å². The van der Waals surface area contributed by atoms with Crippen molar-refractivity contribution in [1.29, 1.82) is 0 Å². The van der Waals surface area contributed by atoms with Crippen LogP contribution in [-0.4, -0.2) is 28.7 Å². The summed E-state index contributed by atoms with van der Waals surface area (Å²) in [6.07, 6.45) is -4.36. The maximum Gasteiger partial charge on any atom is 0.423 e. The van der Waals surface area contributed by atoms with Gasteiger partial charge in [-0.2, -0.15) is 18.2 Å². The van der Waals surface area contributed by atoms with Crippen molar-refractivity contribution in [2.75, 3.05) is 11.4 Å². The van der Waals surface area contributed by atoms with Crippen molar-refractivity contribution in [3.05, 3.63) is 36.0 Å². The fourth-order valence-corrected chi connectivity index (χ4v) is 2.45. The second kappa shape index (κ2) is 8.45. The number of para-hydroxylation sites is 2. The van der Waals surface area contributed by atoms with Crippen molar-refractivity contribution in [2.45, 2.75) is 53.0 Å². The summed E-state index contributed by atoms with van der Waals surface area (Å²) in [4.78, 5) is 9.69. The number of anilines is 2. The number of halogens is 3. The minimum absolute atomic E-state index is 0.0572. The quantitative estimate of drug-likeness (QED) is 0.655. The topological polar surface area (TPSA) is 47.5 Å². The molecule has 1 heterocycles. The molecular formula is C19H24F3N3O2. The normalized spacial score (nSPS) is 11.8. The van der Waals surface area contributed by atoms with Crippen molar-refractivity contribution >= 4 is 11.6 Å². The Bertz CT molecular complexity index is 764. The summed E-state index contributed by atoms with van der Waals surface area (Å²) in [5, 5.41) is 0. The molecule has 0 aliphatic rings. The Labute approximate surface area is 157 Å². The Balaban J connectivity index is 2.52. The highest BCUT2D eigenvalue weighted by Gasteiger charge is 2.37. The Morgan fingerprint density at radius 1 is 1.04 bits per heavy atom. The van der Waals surface area contributed by atoms with E-state index in [0.717, 1.165) is 6.20 Å². The zero-order valence-electron chi connectivity index (χ0n) is 16.0. The second-order valence-corrected chi connectivity index (χ2v) is 6.43. The molecule has 0 unspecified atom stereocenters. The van der Waals surface area contributed by atoms with Gasteiger partial charge in [-0.1, -0.05) is 12.1 Å². The molecule has 0 aliphatic carbocycles. The number of hydrogen-bond acceptors (Lipinski definition) is 5. The summed E-state index contributed by atoms with van der Waals surface area (Å²) in [6.45, 7) is 9.38. The summed E-state index contributed by atoms with van der Waals surface area (Å²) in [7, 11) is 0. The van der Waals surface area contributed by atoms with E-state index < -0.39 is 23.7 Å². The molecule has 8 heteroatoms. The van der Waals surface area contributed by atoms with Crippen LogP contribution in [0, 0.1) is 0 Å². The second-order valence-electron chi connectivity index (χ2n) is 6.43. The lowest BCUT2D eigenvalue weighted by Crippen LogP contribution is -2.22. The first-order chi connectivity index (χ1) is 12.6. The Kier molecular flexibility index (Phi) is 6.51. The lowest BCUT2D eigenvalue weighted by molar-refractivity contribution is -0.139. The number of rotatable bonds is 7. The molecule has 1 aromatic heterocycles. The van der Waals surface area contributed by atoms with E-state index in [9.17, 15) is 13.2 Å². The van der Waals surface area contributed by atoms with Crippen LogP contribution in [0.25, 0.3) is 0 Å². The van der Waals surface area contributed by atoms with Gasteiger partial charge in [-0.05, 0) is 46.8 Å². The van der Waals surface area contributed by atoms with Crippen LogP contribution < -0.4 is 14.4 Å². The van der Waals surface area contributed by atoms with Crippen molar-refractivity contribution in [3.63, 3.8) is 0 Å². The van der Waals surface area contributed by atoms with Gasteiger partial charge in [0.15, 0.2) is 0 Å². The van der Waals surface area contributed by atoms with E-state index in [-0.39, 0.29) is 12.1 Å². The first-order valence-electron chi connectivity index (χ1n) is 8.77. The van der Waals surface area contributed by atoms with Crippen LogP contribution in [0.15, 0.2) is 30.5 Å². The number of hydrogen-bond donors (Lipinski definition) is 0. The summed E-state index contributed by atoms with van der Waals surface area (Å²) in [5.74, 6) is 0.230. The van der Waals surface area contributed by atoms with Crippen LogP contribution in [0.5, 0.6) is 11.6 Å². The minimum atomic E-state index is -4.60.